The van der Waals surface area contributed by atoms with Crippen LogP contribution in [0.2, 0.25) is 0 Å². The van der Waals surface area contributed by atoms with Crippen LogP contribution >= 0.6 is 0 Å². The minimum atomic E-state index is 0.0331. The van der Waals surface area contributed by atoms with E-state index in [1.54, 1.807) is 0 Å². The van der Waals surface area contributed by atoms with Gasteiger partial charge in [-0.05, 0) is 26.8 Å². The predicted molar refractivity (Wildman–Crippen MR) is 57.2 cm³/mol. The van der Waals surface area contributed by atoms with Crippen molar-refractivity contribution in [3.8, 4) is 18.2 Å². The Labute approximate surface area is 85.3 Å². The molecule has 0 saturated heterocycles. The van der Waals surface area contributed by atoms with Crippen molar-refractivity contribution in [1.82, 2.24) is 4.98 Å². The van der Waals surface area contributed by atoms with Gasteiger partial charge < -0.3 is 4.74 Å². The largest absolute Gasteiger partial charge is 0.475 e. The van der Waals surface area contributed by atoms with Gasteiger partial charge in [0.15, 0.2) is 0 Å². The number of rotatable bonds is 3. The van der Waals surface area contributed by atoms with Crippen LogP contribution in [0.1, 0.15) is 32.4 Å². The van der Waals surface area contributed by atoms with Crippen LogP contribution in [0.3, 0.4) is 0 Å². The molecule has 1 rings (SSSR count). The lowest BCUT2D eigenvalue weighted by atomic mass is 10.1. The molecule has 0 aromatic carbocycles. The summed E-state index contributed by atoms with van der Waals surface area (Å²) in [4.78, 5) is 4.32. The van der Waals surface area contributed by atoms with E-state index in [0.717, 1.165) is 5.69 Å². The van der Waals surface area contributed by atoms with E-state index in [-0.39, 0.29) is 12.0 Å². The van der Waals surface area contributed by atoms with Crippen LogP contribution in [0.15, 0.2) is 18.2 Å². The average Bonchev–Trinajstić information content (AvgIpc) is 2.16. The Morgan fingerprint density at radius 1 is 1.36 bits per heavy atom. The number of hydrogen-bond donors (Lipinski definition) is 0. The normalized spacial score (nSPS) is 12.2. The monoisotopic (exact) mass is 189 g/mol. The minimum Gasteiger partial charge on any atom is -0.475 e. The van der Waals surface area contributed by atoms with Crippen LogP contribution in [0.5, 0.6) is 5.88 Å². The average molecular weight is 189 g/mol. The Hall–Kier alpha value is -1.49. The van der Waals surface area contributed by atoms with Crippen molar-refractivity contribution in [1.29, 1.82) is 0 Å². The van der Waals surface area contributed by atoms with E-state index < -0.39 is 0 Å². The fourth-order valence-electron chi connectivity index (χ4n) is 1.06. The topological polar surface area (TPSA) is 22.1 Å². The van der Waals surface area contributed by atoms with Gasteiger partial charge in [0, 0.05) is 6.07 Å². The zero-order valence-corrected chi connectivity index (χ0v) is 8.82. The summed E-state index contributed by atoms with van der Waals surface area (Å²) in [6, 6.07) is 5.67. The van der Waals surface area contributed by atoms with E-state index >= 15 is 0 Å². The molecule has 0 spiro atoms. The maximum atomic E-state index is 5.47. The third-order valence-electron chi connectivity index (χ3n) is 1.80. The molecule has 1 aromatic rings. The van der Waals surface area contributed by atoms with Crippen LogP contribution < -0.4 is 4.74 Å². The van der Waals surface area contributed by atoms with E-state index in [9.17, 15) is 0 Å². The molecule has 1 unspecified atom stereocenters. The number of terminal acetylenes is 1. The van der Waals surface area contributed by atoms with E-state index in [1.807, 2.05) is 39.0 Å². The number of hydrogen-bond acceptors (Lipinski definition) is 2. The van der Waals surface area contributed by atoms with Crippen molar-refractivity contribution in [2.45, 2.75) is 32.8 Å². The van der Waals surface area contributed by atoms with Gasteiger partial charge in [0.05, 0.1) is 17.7 Å². The van der Waals surface area contributed by atoms with E-state index in [2.05, 4.69) is 10.9 Å². The summed E-state index contributed by atoms with van der Waals surface area (Å²) in [7, 11) is 0. The van der Waals surface area contributed by atoms with Gasteiger partial charge in [-0.1, -0.05) is 12.0 Å². The van der Waals surface area contributed by atoms with Crippen molar-refractivity contribution in [2.75, 3.05) is 0 Å². The predicted octanol–water partition coefficient (Wildman–Crippen LogP) is 2.61. The van der Waals surface area contributed by atoms with Gasteiger partial charge in [0.2, 0.25) is 5.88 Å². The first-order valence-corrected chi connectivity index (χ1v) is 4.73. The molecule has 1 aromatic heterocycles. The van der Waals surface area contributed by atoms with Gasteiger partial charge in [-0.3, -0.25) is 0 Å². The van der Waals surface area contributed by atoms with E-state index in [1.165, 1.54) is 0 Å². The molecule has 1 heterocycles. The maximum Gasteiger partial charge on any atom is 0.213 e. The standard InChI is InChI=1S/C12H15NO/c1-5-10(4)11-7-6-8-12(13-11)14-9(2)3/h1,6-10H,2-4H3. The molecular weight excluding hydrogens is 174 g/mol. The third-order valence-corrected chi connectivity index (χ3v) is 1.80. The first-order valence-electron chi connectivity index (χ1n) is 4.73. The summed E-state index contributed by atoms with van der Waals surface area (Å²) in [6.07, 6.45) is 5.46. The number of ether oxygens (including phenoxy) is 1. The molecular formula is C12H15NO. The third kappa shape index (κ3) is 2.77. The number of aromatic nitrogens is 1. The van der Waals surface area contributed by atoms with Crippen LogP contribution in [0.4, 0.5) is 0 Å². The van der Waals surface area contributed by atoms with Crippen LogP contribution in [-0.2, 0) is 0 Å². The summed E-state index contributed by atoms with van der Waals surface area (Å²) >= 11 is 0. The van der Waals surface area contributed by atoms with Crippen LogP contribution in [0.25, 0.3) is 0 Å². The van der Waals surface area contributed by atoms with Crippen LogP contribution in [0, 0.1) is 12.3 Å². The summed E-state index contributed by atoms with van der Waals surface area (Å²) in [6.45, 7) is 5.89. The number of pyridine rings is 1. The van der Waals surface area contributed by atoms with Crippen molar-refractivity contribution in [3.05, 3.63) is 23.9 Å². The molecule has 74 valence electrons. The van der Waals surface area contributed by atoms with Crippen molar-refractivity contribution in [2.24, 2.45) is 0 Å². The van der Waals surface area contributed by atoms with Gasteiger partial charge in [0.1, 0.15) is 0 Å². The Morgan fingerprint density at radius 3 is 2.64 bits per heavy atom. The SMILES string of the molecule is C#CC(C)c1cccc(OC(C)C)n1. The Balaban J connectivity index is 2.85. The second-order valence-electron chi connectivity index (χ2n) is 3.46. The molecule has 0 aliphatic carbocycles. The first-order chi connectivity index (χ1) is 6.63. The quantitative estimate of drug-likeness (QED) is 0.682. The highest BCUT2D eigenvalue weighted by molar-refractivity contribution is 5.23. The van der Waals surface area contributed by atoms with E-state index in [0.29, 0.717) is 5.88 Å². The molecule has 2 nitrogen and oxygen atoms in total. The van der Waals surface area contributed by atoms with E-state index in [4.69, 9.17) is 11.2 Å². The molecule has 14 heavy (non-hydrogen) atoms. The molecule has 0 bridgehead atoms. The lowest BCUT2D eigenvalue weighted by Crippen LogP contribution is -2.07. The maximum absolute atomic E-state index is 5.47. The zero-order chi connectivity index (χ0) is 10.6. The van der Waals surface area contributed by atoms with Gasteiger partial charge in [-0.2, -0.15) is 0 Å². The molecule has 0 amide bonds. The molecule has 0 aliphatic heterocycles. The Kier molecular flexibility index (Phi) is 3.53. The molecule has 0 saturated carbocycles. The highest BCUT2D eigenvalue weighted by atomic mass is 16.5. The Morgan fingerprint density at radius 2 is 2.07 bits per heavy atom. The Bertz CT molecular complexity index is 338. The molecule has 0 fully saturated rings. The summed E-state index contributed by atoms with van der Waals surface area (Å²) < 4.78 is 5.47. The van der Waals surface area contributed by atoms with Crippen molar-refractivity contribution in [3.63, 3.8) is 0 Å². The fraction of sp³-hybridized carbons (Fsp3) is 0.417. The smallest absolute Gasteiger partial charge is 0.213 e. The van der Waals surface area contributed by atoms with Crippen LogP contribution in [-0.4, -0.2) is 11.1 Å². The molecule has 1 atom stereocenters. The van der Waals surface area contributed by atoms with Crippen molar-refractivity contribution < 1.29 is 4.74 Å². The first kappa shape index (κ1) is 10.6. The summed E-state index contributed by atoms with van der Waals surface area (Å²) in [5.41, 5.74) is 0.880. The summed E-state index contributed by atoms with van der Waals surface area (Å²) in [5, 5.41) is 0. The highest BCUT2D eigenvalue weighted by Gasteiger charge is 2.05. The second-order valence-corrected chi connectivity index (χ2v) is 3.46. The lowest BCUT2D eigenvalue weighted by Gasteiger charge is -2.10. The molecule has 2 heteroatoms. The summed E-state index contributed by atoms with van der Waals surface area (Å²) in [5.74, 6) is 3.32. The molecule has 0 aliphatic rings. The molecule has 0 N–H and O–H groups in total. The lowest BCUT2D eigenvalue weighted by molar-refractivity contribution is 0.232. The van der Waals surface area contributed by atoms with Gasteiger partial charge in [0.25, 0.3) is 0 Å². The van der Waals surface area contributed by atoms with Gasteiger partial charge in [-0.25, -0.2) is 4.98 Å². The van der Waals surface area contributed by atoms with Gasteiger partial charge in [-0.15, -0.1) is 6.42 Å². The van der Waals surface area contributed by atoms with Gasteiger partial charge >= 0.3 is 0 Å². The second kappa shape index (κ2) is 4.66. The molecule has 0 radical (unpaired) electrons. The fourth-order valence-corrected chi connectivity index (χ4v) is 1.06. The zero-order valence-electron chi connectivity index (χ0n) is 8.82. The highest BCUT2D eigenvalue weighted by Crippen LogP contribution is 2.15. The minimum absolute atomic E-state index is 0.0331. The van der Waals surface area contributed by atoms with Crippen molar-refractivity contribution >= 4 is 0 Å². The number of nitrogens with zero attached hydrogens (tertiary/aromatic N) is 1.